The van der Waals surface area contributed by atoms with Crippen LogP contribution >= 0.6 is 0 Å². The highest BCUT2D eigenvalue weighted by atomic mass is 32.2. The van der Waals surface area contributed by atoms with Crippen LogP contribution in [-0.2, 0) is 24.1 Å². The normalized spacial score (nSPS) is 13.4. The lowest BCUT2D eigenvalue weighted by molar-refractivity contribution is 0.374. The predicted octanol–water partition coefficient (Wildman–Crippen LogP) is -1.04. The highest BCUT2D eigenvalue weighted by Gasteiger charge is 2.07. The van der Waals surface area contributed by atoms with E-state index in [1.807, 2.05) is 0 Å². The Morgan fingerprint density at radius 3 is 1.60 bits per heavy atom. The zero-order valence-electron chi connectivity index (χ0n) is 5.56. The van der Waals surface area contributed by atoms with Crippen molar-refractivity contribution < 1.29 is 21.0 Å². The second kappa shape index (κ2) is 2.85. The Bertz CT molecular complexity index is 251. The smallest absolute Gasteiger partial charge is 0.254 e. The van der Waals surface area contributed by atoms with Gasteiger partial charge in [0.1, 0.15) is 0 Å². The molecule has 0 saturated heterocycles. The van der Waals surface area contributed by atoms with Crippen LogP contribution in [0.15, 0.2) is 0 Å². The van der Waals surface area contributed by atoms with Crippen molar-refractivity contribution in [1.29, 1.82) is 0 Å². The Morgan fingerprint density at radius 1 is 1.10 bits per heavy atom. The molecule has 62 valence electrons. The summed E-state index contributed by atoms with van der Waals surface area (Å²) in [5.74, 6) is -0.786. The van der Waals surface area contributed by atoms with E-state index < -0.39 is 25.9 Å². The van der Waals surface area contributed by atoms with Gasteiger partial charge in [0.2, 0.25) is 0 Å². The summed E-state index contributed by atoms with van der Waals surface area (Å²) in [6, 6.07) is 0. The van der Waals surface area contributed by atoms with E-state index in [9.17, 15) is 16.8 Å². The average molecular weight is 188 g/mol. The van der Waals surface area contributed by atoms with Crippen molar-refractivity contribution in [2.24, 2.45) is 0 Å². The minimum absolute atomic E-state index is 0.786. The van der Waals surface area contributed by atoms with E-state index in [0.29, 0.717) is 0 Å². The second-order valence-electron chi connectivity index (χ2n) is 1.87. The van der Waals surface area contributed by atoms with Gasteiger partial charge in [-0.1, -0.05) is 0 Å². The van der Waals surface area contributed by atoms with Crippen molar-refractivity contribution in [3.8, 4) is 0 Å². The van der Waals surface area contributed by atoms with E-state index in [0.717, 1.165) is 12.5 Å². The van der Waals surface area contributed by atoms with Gasteiger partial charge in [0.25, 0.3) is 10.1 Å². The molecule has 0 radical (unpaired) electrons. The average Bonchev–Trinajstić information content (AvgIpc) is 1.57. The van der Waals surface area contributed by atoms with Gasteiger partial charge in [-0.05, 0) is 0 Å². The zero-order valence-corrected chi connectivity index (χ0v) is 7.20. The maximum Gasteiger partial charge on any atom is 0.265 e. The molecule has 5 nitrogen and oxygen atoms in total. The van der Waals surface area contributed by atoms with E-state index in [2.05, 4.69) is 4.18 Å². The van der Waals surface area contributed by atoms with Crippen LogP contribution in [0.25, 0.3) is 0 Å². The molecule has 0 atom stereocenters. The summed E-state index contributed by atoms with van der Waals surface area (Å²) in [7, 11) is -7.00. The number of sulfone groups is 1. The van der Waals surface area contributed by atoms with Gasteiger partial charge < -0.3 is 0 Å². The lowest BCUT2D eigenvalue weighted by Crippen LogP contribution is -2.11. The molecule has 0 rings (SSSR count). The molecular formula is C3H8O5S2. The fourth-order valence-electron chi connectivity index (χ4n) is 0.175. The monoisotopic (exact) mass is 188 g/mol. The Balaban J connectivity index is 4.05. The van der Waals surface area contributed by atoms with Gasteiger partial charge in [0, 0.05) is 6.26 Å². The molecule has 10 heavy (non-hydrogen) atoms. The third kappa shape index (κ3) is 7.86. The summed E-state index contributed by atoms with van der Waals surface area (Å²) in [4.78, 5) is 0. The molecular weight excluding hydrogens is 180 g/mol. The summed E-state index contributed by atoms with van der Waals surface area (Å²) in [5, 5.41) is 0. The first-order valence-corrected chi connectivity index (χ1v) is 6.10. The van der Waals surface area contributed by atoms with Gasteiger partial charge in [0.15, 0.2) is 15.8 Å². The van der Waals surface area contributed by atoms with Crippen molar-refractivity contribution in [1.82, 2.24) is 0 Å². The first-order chi connectivity index (χ1) is 4.21. The maximum absolute atomic E-state index is 10.3. The van der Waals surface area contributed by atoms with Crippen LogP contribution in [0.2, 0.25) is 0 Å². The number of hydrogen-bond donors (Lipinski definition) is 0. The SMILES string of the molecule is CS(=O)(=O)COS(C)(=O)=O. The van der Waals surface area contributed by atoms with Gasteiger partial charge >= 0.3 is 0 Å². The van der Waals surface area contributed by atoms with Crippen LogP contribution in [-0.4, -0.2) is 35.3 Å². The Morgan fingerprint density at radius 2 is 1.50 bits per heavy atom. The summed E-state index contributed by atoms with van der Waals surface area (Å²) in [5.41, 5.74) is 0. The zero-order chi connectivity index (χ0) is 8.41. The highest BCUT2D eigenvalue weighted by molar-refractivity contribution is 7.91. The number of hydrogen-bond acceptors (Lipinski definition) is 5. The van der Waals surface area contributed by atoms with Crippen LogP contribution in [0.3, 0.4) is 0 Å². The third-order valence-corrected chi connectivity index (χ3v) is 1.72. The quantitative estimate of drug-likeness (QED) is 0.529. The Kier molecular flexibility index (Phi) is 2.81. The van der Waals surface area contributed by atoms with Crippen molar-refractivity contribution in [3.05, 3.63) is 0 Å². The van der Waals surface area contributed by atoms with E-state index in [1.54, 1.807) is 0 Å². The maximum atomic E-state index is 10.3. The standard InChI is InChI=1S/C3H8O5S2/c1-9(4,5)3-8-10(2,6)7/h3H2,1-2H3. The van der Waals surface area contributed by atoms with Gasteiger partial charge in [-0.3, -0.25) is 4.18 Å². The third-order valence-electron chi connectivity index (χ3n) is 0.476. The molecule has 0 fully saturated rings. The molecule has 0 spiro atoms. The van der Waals surface area contributed by atoms with Gasteiger partial charge in [-0.25, -0.2) is 8.42 Å². The molecule has 0 unspecified atom stereocenters. The molecule has 0 amide bonds. The molecule has 0 heterocycles. The van der Waals surface area contributed by atoms with E-state index in [-0.39, 0.29) is 0 Å². The fourth-order valence-corrected chi connectivity index (χ4v) is 1.57. The van der Waals surface area contributed by atoms with E-state index in [4.69, 9.17) is 0 Å². The molecule has 0 N–H and O–H groups in total. The molecule has 0 aliphatic rings. The first-order valence-electron chi connectivity index (χ1n) is 2.23. The molecule has 0 aromatic heterocycles. The summed E-state index contributed by atoms with van der Waals surface area (Å²) < 4.78 is 44.9. The van der Waals surface area contributed by atoms with Gasteiger partial charge in [0.05, 0.1) is 6.26 Å². The van der Waals surface area contributed by atoms with Gasteiger partial charge in [-0.2, -0.15) is 8.42 Å². The molecule has 7 heteroatoms. The minimum atomic E-state index is -3.64. The topological polar surface area (TPSA) is 77.5 Å². The van der Waals surface area contributed by atoms with Crippen molar-refractivity contribution in [2.75, 3.05) is 18.5 Å². The second-order valence-corrected chi connectivity index (χ2v) is 5.60. The Hall–Kier alpha value is -0.140. The minimum Gasteiger partial charge on any atom is -0.254 e. The number of rotatable bonds is 3. The van der Waals surface area contributed by atoms with Crippen molar-refractivity contribution >= 4 is 20.0 Å². The van der Waals surface area contributed by atoms with Crippen molar-refractivity contribution in [2.45, 2.75) is 0 Å². The van der Waals surface area contributed by atoms with Crippen LogP contribution in [0, 0.1) is 0 Å². The lowest BCUT2D eigenvalue weighted by atomic mass is 11.7. The fraction of sp³-hybridized carbons (Fsp3) is 1.00. The van der Waals surface area contributed by atoms with Gasteiger partial charge in [-0.15, -0.1) is 0 Å². The summed E-state index contributed by atoms with van der Waals surface area (Å²) >= 11 is 0. The van der Waals surface area contributed by atoms with Crippen LogP contribution < -0.4 is 0 Å². The van der Waals surface area contributed by atoms with Crippen molar-refractivity contribution in [3.63, 3.8) is 0 Å². The van der Waals surface area contributed by atoms with Crippen LogP contribution in [0.1, 0.15) is 0 Å². The molecule has 0 bridgehead atoms. The Labute approximate surface area is 60.0 Å². The highest BCUT2D eigenvalue weighted by Crippen LogP contribution is 1.90. The van der Waals surface area contributed by atoms with Crippen LogP contribution in [0.4, 0.5) is 0 Å². The molecule has 0 aromatic rings. The molecule has 0 aliphatic heterocycles. The molecule has 0 saturated carbocycles. The van der Waals surface area contributed by atoms with Crippen LogP contribution in [0.5, 0.6) is 0 Å². The predicted molar refractivity (Wildman–Crippen MR) is 35.6 cm³/mol. The first kappa shape index (κ1) is 9.86. The summed E-state index contributed by atoms with van der Waals surface area (Å²) in [6.07, 6.45) is 1.68. The molecule has 0 aromatic carbocycles. The largest absolute Gasteiger partial charge is 0.265 e. The molecule has 0 aliphatic carbocycles. The van der Waals surface area contributed by atoms with E-state index >= 15 is 0 Å². The summed E-state index contributed by atoms with van der Waals surface area (Å²) in [6.45, 7) is 0. The van der Waals surface area contributed by atoms with E-state index in [1.165, 1.54) is 0 Å². The lowest BCUT2D eigenvalue weighted by Gasteiger charge is -1.96.